The Kier molecular flexibility index (Phi) is 4.64. The van der Waals surface area contributed by atoms with Crippen LogP contribution in [0.2, 0.25) is 0 Å². The van der Waals surface area contributed by atoms with E-state index in [9.17, 15) is 9.59 Å². The first kappa shape index (κ1) is 17.3. The van der Waals surface area contributed by atoms with Crippen LogP contribution in [0.25, 0.3) is 22.1 Å². The van der Waals surface area contributed by atoms with Gasteiger partial charge in [0.15, 0.2) is 11.3 Å². The van der Waals surface area contributed by atoms with Gasteiger partial charge in [0.1, 0.15) is 5.58 Å². The molecule has 0 radical (unpaired) electrons. The number of anilines is 1. The quantitative estimate of drug-likeness (QED) is 0.665. The predicted octanol–water partition coefficient (Wildman–Crippen LogP) is 3.08. The third-order valence-electron chi connectivity index (χ3n) is 4.68. The van der Waals surface area contributed by atoms with Crippen molar-refractivity contribution < 1.29 is 18.7 Å². The number of hydrogen-bond acceptors (Lipinski definition) is 6. The molecule has 0 saturated carbocycles. The van der Waals surface area contributed by atoms with Gasteiger partial charge in [0.05, 0.1) is 31.3 Å². The molecule has 0 aliphatic carbocycles. The Bertz CT molecular complexity index is 1050. The van der Waals surface area contributed by atoms with E-state index >= 15 is 0 Å². The molecule has 138 valence electrons. The standard InChI is InChI=1S/C21H19NO5/c1-25-21(24)16-5-3-2-4-15(16)14-6-7-17-18(23)13-20(27-19(17)12-14)22-8-10-26-11-9-22/h2-7,12-13H,8-11H2,1H3. The van der Waals surface area contributed by atoms with Crippen LogP contribution in [0, 0.1) is 0 Å². The summed E-state index contributed by atoms with van der Waals surface area (Å²) in [5.74, 6) is 0.128. The van der Waals surface area contributed by atoms with E-state index in [4.69, 9.17) is 13.9 Å². The van der Waals surface area contributed by atoms with Crippen LogP contribution in [-0.2, 0) is 9.47 Å². The Balaban J connectivity index is 1.82. The first-order valence-electron chi connectivity index (χ1n) is 8.76. The summed E-state index contributed by atoms with van der Waals surface area (Å²) >= 11 is 0. The minimum absolute atomic E-state index is 0.0921. The van der Waals surface area contributed by atoms with E-state index < -0.39 is 5.97 Å². The molecule has 6 nitrogen and oxygen atoms in total. The predicted molar refractivity (Wildman–Crippen MR) is 102 cm³/mol. The lowest BCUT2D eigenvalue weighted by Crippen LogP contribution is -2.36. The SMILES string of the molecule is COC(=O)c1ccccc1-c1ccc2c(=O)cc(N3CCOCC3)oc2c1. The third-order valence-corrected chi connectivity index (χ3v) is 4.68. The molecular formula is C21H19NO5. The Morgan fingerprint density at radius 3 is 2.63 bits per heavy atom. The van der Waals surface area contributed by atoms with Crippen molar-refractivity contribution in [2.75, 3.05) is 38.3 Å². The number of carbonyl (C=O) groups excluding carboxylic acids is 1. The van der Waals surface area contributed by atoms with Gasteiger partial charge in [-0.2, -0.15) is 0 Å². The van der Waals surface area contributed by atoms with Gasteiger partial charge in [-0.1, -0.05) is 24.3 Å². The number of carbonyl (C=O) groups is 1. The highest BCUT2D eigenvalue weighted by atomic mass is 16.5. The zero-order valence-corrected chi connectivity index (χ0v) is 14.9. The monoisotopic (exact) mass is 365 g/mol. The number of ether oxygens (including phenoxy) is 2. The van der Waals surface area contributed by atoms with Crippen molar-refractivity contribution in [3.8, 4) is 11.1 Å². The van der Waals surface area contributed by atoms with E-state index in [0.29, 0.717) is 48.7 Å². The van der Waals surface area contributed by atoms with Crippen LogP contribution in [0.1, 0.15) is 10.4 Å². The number of hydrogen-bond donors (Lipinski definition) is 0. The van der Waals surface area contributed by atoms with Gasteiger partial charge in [0.2, 0.25) is 0 Å². The lowest BCUT2D eigenvalue weighted by atomic mass is 9.99. The average Bonchev–Trinajstić information content (AvgIpc) is 2.73. The number of esters is 1. The highest BCUT2D eigenvalue weighted by molar-refractivity contribution is 5.98. The van der Waals surface area contributed by atoms with Gasteiger partial charge in [-0.25, -0.2) is 4.79 Å². The molecule has 1 aliphatic heterocycles. The fourth-order valence-corrected chi connectivity index (χ4v) is 3.27. The minimum Gasteiger partial charge on any atom is -0.465 e. The fourth-order valence-electron chi connectivity index (χ4n) is 3.27. The lowest BCUT2D eigenvalue weighted by Gasteiger charge is -2.27. The average molecular weight is 365 g/mol. The molecular weight excluding hydrogens is 346 g/mol. The van der Waals surface area contributed by atoms with Gasteiger partial charge in [0, 0.05) is 19.2 Å². The van der Waals surface area contributed by atoms with Gasteiger partial charge in [-0.05, 0) is 29.3 Å². The molecule has 0 atom stereocenters. The number of benzene rings is 2. The Hall–Kier alpha value is -3.12. The lowest BCUT2D eigenvalue weighted by molar-refractivity contribution is 0.0601. The van der Waals surface area contributed by atoms with Crippen LogP contribution in [0.15, 0.2) is 57.7 Å². The molecule has 1 aliphatic rings. The first-order chi connectivity index (χ1) is 13.2. The number of rotatable bonds is 3. The highest BCUT2D eigenvalue weighted by Crippen LogP contribution is 2.28. The summed E-state index contributed by atoms with van der Waals surface area (Å²) in [5, 5.41) is 0.506. The second-order valence-corrected chi connectivity index (χ2v) is 6.30. The van der Waals surface area contributed by atoms with Crippen LogP contribution >= 0.6 is 0 Å². The number of morpholine rings is 1. The molecule has 1 saturated heterocycles. The van der Waals surface area contributed by atoms with Gasteiger partial charge < -0.3 is 18.8 Å². The van der Waals surface area contributed by atoms with E-state index in [-0.39, 0.29) is 5.43 Å². The Labute approximate surface area is 155 Å². The van der Waals surface area contributed by atoms with Crippen molar-refractivity contribution in [3.05, 3.63) is 64.3 Å². The van der Waals surface area contributed by atoms with Crippen LogP contribution in [0.5, 0.6) is 0 Å². The van der Waals surface area contributed by atoms with Crippen LogP contribution in [-0.4, -0.2) is 39.4 Å². The van der Waals surface area contributed by atoms with Gasteiger partial charge in [-0.3, -0.25) is 4.79 Å². The van der Waals surface area contributed by atoms with Crippen molar-refractivity contribution in [1.29, 1.82) is 0 Å². The summed E-state index contributed by atoms with van der Waals surface area (Å²) in [5.41, 5.74) is 2.37. The van der Waals surface area contributed by atoms with Crippen molar-refractivity contribution in [1.82, 2.24) is 0 Å². The summed E-state index contributed by atoms with van der Waals surface area (Å²) in [6.07, 6.45) is 0. The molecule has 0 spiro atoms. The maximum Gasteiger partial charge on any atom is 0.338 e. The summed E-state index contributed by atoms with van der Waals surface area (Å²) in [6, 6.07) is 14.1. The Morgan fingerprint density at radius 2 is 1.85 bits per heavy atom. The van der Waals surface area contributed by atoms with E-state index in [1.54, 1.807) is 24.3 Å². The van der Waals surface area contributed by atoms with Crippen molar-refractivity contribution in [2.45, 2.75) is 0 Å². The Morgan fingerprint density at radius 1 is 1.07 bits per heavy atom. The normalized spacial score (nSPS) is 14.3. The molecule has 27 heavy (non-hydrogen) atoms. The van der Waals surface area contributed by atoms with Gasteiger partial charge >= 0.3 is 5.97 Å². The molecule has 6 heteroatoms. The molecule has 0 amide bonds. The molecule has 2 heterocycles. The second kappa shape index (κ2) is 7.25. The number of nitrogens with zero attached hydrogens (tertiary/aromatic N) is 1. The summed E-state index contributed by atoms with van der Waals surface area (Å²) < 4.78 is 16.3. The topological polar surface area (TPSA) is 69.0 Å². The maximum absolute atomic E-state index is 12.5. The van der Waals surface area contributed by atoms with Crippen molar-refractivity contribution in [3.63, 3.8) is 0 Å². The van der Waals surface area contributed by atoms with E-state index in [0.717, 1.165) is 11.1 Å². The van der Waals surface area contributed by atoms with E-state index in [2.05, 4.69) is 0 Å². The molecule has 0 N–H and O–H groups in total. The molecule has 1 fully saturated rings. The van der Waals surface area contributed by atoms with Crippen molar-refractivity contribution >= 4 is 22.8 Å². The van der Waals surface area contributed by atoms with Crippen LogP contribution in [0.4, 0.5) is 5.88 Å². The molecule has 0 bridgehead atoms. The molecule has 1 aromatic heterocycles. The fraction of sp³-hybridized carbons (Fsp3) is 0.238. The van der Waals surface area contributed by atoms with E-state index in [1.165, 1.54) is 13.2 Å². The van der Waals surface area contributed by atoms with Crippen molar-refractivity contribution in [2.24, 2.45) is 0 Å². The largest absolute Gasteiger partial charge is 0.465 e. The number of methoxy groups -OCH3 is 1. The molecule has 3 aromatic rings. The summed E-state index contributed by atoms with van der Waals surface area (Å²) in [6.45, 7) is 2.57. The van der Waals surface area contributed by atoms with Crippen LogP contribution in [0.3, 0.4) is 0 Å². The maximum atomic E-state index is 12.5. The van der Waals surface area contributed by atoms with Gasteiger partial charge in [0.25, 0.3) is 0 Å². The molecule has 4 rings (SSSR count). The first-order valence-corrected chi connectivity index (χ1v) is 8.76. The van der Waals surface area contributed by atoms with Crippen LogP contribution < -0.4 is 10.3 Å². The third kappa shape index (κ3) is 3.31. The van der Waals surface area contributed by atoms with Gasteiger partial charge in [-0.15, -0.1) is 0 Å². The molecule has 0 unspecified atom stereocenters. The number of fused-ring (bicyclic) bond motifs is 1. The highest BCUT2D eigenvalue weighted by Gasteiger charge is 2.17. The second-order valence-electron chi connectivity index (χ2n) is 6.30. The molecule has 2 aromatic carbocycles. The summed E-state index contributed by atoms with van der Waals surface area (Å²) in [4.78, 5) is 26.6. The minimum atomic E-state index is -0.408. The van der Waals surface area contributed by atoms with E-state index in [1.807, 2.05) is 23.1 Å². The zero-order valence-electron chi connectivity index (χ0n) is 14.9. The summed E-state index contributed by atoms with van der Waals surface area (Å²) in [7, 11) is 1.35. The zero-order chi connectivity index (χ0) is 18.8. The smallest absolute Gasteiger partial charge is 0.338 e.